The molecule has 0 spiro atoms. The van der Waals surface area contributed by atoms with Gasteiger partial charge >= 0.3 is 0 Å². The summed E-state index contributed by atoms with van der Waals surface area (Å²) < 4.78 is 0. The number of aryl methyl sites for hydroxylation is 2. The van der Waals surface area contributed by atoms with Crippen molar-refractivity contribution in [3.63, 3.8) is 0 Å². The van der Waals surface area contributed by atoms with Crippen molar-refractivity contribution in [2.45, 2.75) is 26.0 Å². The highest BCUT2D eigenvalue weighted by Crippen LogP contribution is 2.48. The van der Waals surface area contributed by atoms with Crippen LogP contribution in [0.15, 0.2) is 66.7 Å². The number of fused-ring (bicyclic) bond motifs is 2. The highest BCUT2D eigenvalue weighted by molar-refractivity contribution is 6.31. The van der Waals surface area contributed by atoms with E-state index in [1.54, 1.807) is 17.0 Å². The number of rotatable bonds is 3. The van der Waals surface area contributed by atoms with Crippen LogP contribution in [0.2, 0.25) is 5.02 Å². The van der Waals surface area contributed by atoms with Crippen LogP contribution in [0, 0.1) is 13.8 Å². The van der Waals surface area contributed by atoms with Gasteiger partial charge in [0.15, 0.2) is 5.60 Å². The molecule has 1 atom stereocenters. The fourth-order valence-corrected chi connectivity index (χ4v) is 4.64. The molecule has 30 heavy (non-hydrogen) atoms. The number of aromatic nitrogens is 1. The van der Waals surface area contributed by atoms with Gasteiger partial charge < -0.3 is 15.0 Å². The Labute approximate surface area is 179 Å². The van der Waals surface area contributed by atoms with Gasteiger partial charge in [0.2, 0.25) is 0 Å². The summed E-state index contributed by atoms with van der Waals surface area (Å²) in [5.74, 6) is -0.367. The molecule has 1 aliphatic heterocycles. The van der Waals surface area contributed by atoms with E-state index in [9.17, 15) is 9.90 Å². The van der Waals surface area contributed by atoms with E-state index in [-0.39, 0.29) is 5.91 Å². The third-order valence-electron chi connectivity index (χ3n) is 5.91. The molecule has 1 unspecified atom stereocenters. The summed E-state index contributed by atoms with van der Waals surface area (Å²) in [6.45, 7) is 4.28. The van der Waals surface area contributed by atoms with Crippen molar-refractivity contribution < 1.29 is 9.90 Å². The van der Waals surface area contributed by atoms with Gasteiger partial charge in [0.05, 0.1) is 12.2 Å². The number of H-pyrrole nitrogens is 1. The van der Waals surface area contributed by atoms with E-state index in [4.69, 9.17) is 11.6 Å². The summed E-state index contributed by atoms with van der Waals surface area (Å²) in [5, 5.41) is 13.3. The van der Waals surface area contributed by atoms with Crippen molar-refractivity contribution in [3.05, 3.63) is 99.7 Å². The van der Waals surface area contributed by atoms with Crippen LogP contribution in [0.1, 0.15) is 27.9 Å². The molecule has 2 heterocycles. The number of benzene rings is 3. The highest BCUT2D eigenvalue weighted by atomic mass is 35.5. The molecule has 4 aromatic rings. The second kappa shape index (κ2) is 6.73. The monoisotopic (exact) mass is 416 g/mol. The minimum Gasteiger partial charge on any atom is -0.372 e. The maximum atomic E-state index is 13.8. The standard InChI is InChI=1S/C25H21ClN2O2/c1-15-7-9-17(10-8-15)14-28-22-12-11-18(26)13-20(22)25(30,24(28)29)23-16(2)27-21-6-4-3-5-19(21)23/h3-13,27,30H,14H2,1-2H3. The fraction of sp³-hybridized carbons (Fsp3) is 0.160. The first-order valence-corrected chi connectivity index (χ1v) is 10.2. The lowest BCUT2D eigenvalue weighted by Crippen LogP contribution is -2.41. The summed E-state index contributed by atoms with van der Waals surface area (Å²) in [5.41, 5.74) is 3.76. The summed E-state index contributed by atoms with van der Waals surface area (Å²) in [7, 11) is 0. The molecule has 1 aliphatic rings. The van der Waals surface area contributed by atoms with Gasteiger partial charge in [-0.15, -0.1) is 0 Å². The van der Waals surface area contributed by atoms with E-state index in [1.165, 1.54) is 0 Å². The van der Waals surface area contributed by atoms with Gasteiger partial charge in [-0.05, 0) is 43.7 Å². The van der Waals surface area contributed by atoms with Gasteiger partial charge in [-0.1, -0.05) is 59.6 Å². The SMILES string of the molecule is Cc1ccc(CN2C(=O)C(O)(c3c(C)[nH]c4ccccc34)c3cc(Cl)ccc32)cc1. The first kappa shape index (κ1) is 18.9. The van der Waals surface area contributed by atoms with E-state index in [1.807, 2.05) is 68.4 Å². The molecule has 0 saturated heterocycles. The van der Waals surface area contributed by atoms with Gasteiger partial charge in [0.1, 0.15) is 0 Å². The Morgan fingerprint density at radius 2 is 1.77 bits per heavy atom. The normalized spacial score (nSPS) is 18.3. The van der Waals surface area contributed by atoms with Gasteiger partial charge in [-0.2, -0.15) is 0 Å². The third-order valence-corrected chi connectivity index (χ3v) is 6.15. The third kappa shape index (κ3) is 2.68. The lowest BCUT2D eigenvalue weighted by Gasteiger charge is -2.24. The Kier molecular flexibility index (Phi) is 4.24. The van der Waals surface area contributed by atoms with Crippen LogP contribution in [0.3, 0.4) is 0 Å². The van der Waals surface area contributed by atoms with Crippen molar-refractivity contribution in [2.75, 3.05) is 4.90 Å². The zero-order valence-electron chi connectivity index (χ0n) is 16.7. The molecular formula is C25H21ClN2O2. The van der Waals surface area contributed by atoms with Crippen molar-refractivity contribution in [3.8, 4) is 0 Å². The Hall–Kier alpha value is -3.08. The number of nitrogens with one attached hydrogen (secondary N) is 1. The Morgan fingerprint density at radius 1 is 1.03 bits per heavy atom. The molecule has 2 N–H and O–H groups in total. The number of aromatic amines is 1. The zero-order chi connectivity index (χ0) is 21.0. The number of hydrogen-bond acceptors (Lipinski definition) is 2. The lowest BCUT2D eigenvalue weighted by molar-refractivity contribution is -0.132. The number of halogens is 1. The van der Waals surface area contributed by atoms with Crippen LogP contribution in [0.4, 0.5) is 5.69 Å². The molecule has 5 heteroatoms. The summed E-state index contributed by atoms with van der Waals surface area (Å²) in [6, 6.07) is 21.0. The second-order valence-corrected chi connectivity index (χ2v) is 8.36. The fourth-order valence-electron chi connectivity index (χ4n) is 4.47. The van der Waals surface area contributed by atoms with Gasteiger partial charge in [-0.3, -0.25) is 4.79 Å². The van der Waals surface area contributed by atoms with Crippen LogP contribution < -0.4 is 4.90 Å². The number of carbonyl (C=O) groups is 1. The highest BCUT2D eigenvalue weighted by Gasteiger charge is 2.53. The molecule has 1 aromatic heterocycles. The van der Waals surface area contributed by atoms with Crippen molar-refractivity contribution in [2.24, 2.45) is 0 Å². The number of nitrogens with zero attached hydrogens (tertiary/aromatic N) is 1. The van der Waals surface area contributed by atoms with E-state index in [0.717, 1.165) is 27.7 Å². The number of hydrogen-bond donors (Lipinski definition) is 2. The number of anilines is 1. The summed E-state index contributed by atoms with van der Waals surface area (Å²) in [6.07, 6.45) is 0. The van der Waals surface area contributed by atoms with Crippen molar-refractivity contribution in [1.29, 1.82) is 0 Å². The van der Waals surface area contributed by atoms with Crippen molar-refractivity contribution >= 4 is 34.1 Å². The van der Waals surface area contributed by atoms with Crippen LogP contribution in [0.5, 0.6) is 0 Å². The number of carbonyl (C=O) groups excluding carboxylic acids is 1. The Balaban J connectivity index is 1.71. The molecule has 1 amide bonds. The first-order chi connectivity index (χ1) is 14.4. The molecule has 4 nitrogen and oxygen atoms in total. The molecular weight excluding hydrogens is 396 g/mol. The van der Waals surface area contributed by atoms with Crippen LogP contribution in [-0.4, -0.2) is 16.0 Å². The summed E-state index contributed by atoms with van der Waals surface area (Å²) >= 11 is 6.29. The molecule has 5 rings (SSSR count). The molecule has 150 valence electrons. The minimum atomic E-state index is -1.81. The molecule has 0 saturated carbocycles. The molecule has 0 fully saturated rings. The topological polar surface area (TPSA) is 56.3 Å². The Bertz CT molecular complexity index is 1290. The Morgan fingerprint density at radius 3 is 2.53 bits per heavy atom. The van der Waals surface area contributed by atoms with Crippen LogP contribution >= 0.6 is 11.6 Å². The van der Waals surface area contributed by atoms with Gasteiger partial charge in [0.25, 0.3) is 5.91 Å². The van der Waals surface area contributed by atoms with Crippen LogP contribution in [0.25, 0.3) is 10.9 Å². The predicted molar refractivity (Wildman–Crippen MR) is 120 cm³/mol. The zero-order valence-corrected chi connectivity index (χ0v) is 17.5. The second-order valence-electron chi connectivity index (χ2n) is 7.92. The average Bonchev–Trinajstić information content (AvgIpc) is 3.17. The molecule has 0 aliphatic carbocycles. The maximum Gasteiger partial charge on any atom is 0.268 e. The molecule has 0 bridgehead atoms. The van der Waals surface area contributed by atoms with Crippen molar-refractivity contribution in [1.82, 2.24) is 4.98 Å². The van der Waals surface area contributed by atoms with Crippen LogP contribution in [-0.2, 0) is 16.9 Å². The number of para-hydroxylation sites is 1. The minimum absolute atomic E-state index is 0.367. The first-order valence-electron chi connectivity index (χ1n) is 9.87. The van der Waals surface area contributed by atoms with Gasteiger partial charge in [-0.25, -0.2) is 0 Å². The average molecular weight is 417 g/mol. The quantitative estimate of drug-likeness (QED) is 0.481. The van der Waals surface area contributed by atoms with Gasteiger partial charge in [0, 0.05) is 32.7 Å². The largest absolute Gasteiger partial charge is 0.372 e. The number of aliphatic hydroxyl groups is 1. The van der Waals surface area contributed by atoms with E-state index < -0.39 is 5.60 Å². The smallest absolute Gasteiger partial charge is 0.268 e. The van der Waals surface area contributed by atoms with E-state index >= 15 is 0 Å². The number of amides is 1. The maximum absolute atomic E-state index is 13.8. The molecule has 3 aromatic carbocycles. The van der Waals surface area contributed by atoms with E-state index in [0.29, 0.717) is 28.4 Å². The summed E-state index contributed by atoms with van der Waals surface area (Å²) in [4.78, 5) is 18.7. The van der Waals surface area contributed by atoms with E-state index in [2.05, 4.69) is 4.98 Å². The predicted octanol–water partition coefficient (Wildman–Crippen LogP) is 5.22. The molecule has 0 radical (unpaired) electrons. The lowest BCUT2D eigenvalue weighted by atomic mass is 9.85.